The highest BCUT2D eigenvalue weighted by Gasteiger charge is 2.33. The zero-order valence-electron chi connectivity index (χ0n) is 9.71. The van der Waals surface area contributed by atoms with Crippen LogP contribution in [0.1, 0.15) is 31.4 Å². The fraction of sp³-hybridized carbons (Fsp3) is 0.615. The Morgan fingerprint density at radius 3 is 2.62 bits per heavy atom. The average Bonchev–Trinajstić information content (AvgIpc) is 2.73. The highest BCUT2D eigenvalue weighted by Crippen LogP contribution is 2.40. The Bertz CT molecular complexity index is 418. The number of alkyl halides is 1. The van der Waals surface area contributed by atoms with E-state index >= 15 is 0 Å². The van der Waals surface area contributed by atoms with Crippen LogP contribution >= 0.6 is 15.9 Å². The molecule has 1 aromatic heterocycles. The standard InChI is InChI=1S/C13H18BrNO/c1-11-5-4-6-12(16)15(11)10-13(9-14)7-2-3-8-13/h4-6H,2-3,7-10H2,1H3. The van der Waals surface area contributed by atoms with Gasteiger partial charge in [0, 0.05) is 23.6 Å². The van der Waals surface area contributed by atoms with Crippen LogP contribution in [0.3, 0.4) is 0 Å². The van der Waals surface area contributed by atoms with Crippen molar-refractivity contribution in [1.29, 1.82) is 0 Å². The molecule has 1 aliphatic carbocycles. The molecule has 0 spiro atoms. The van der Waals surface area contributed by atoms with Gasteiger partial charge in [0.05, 0.1) is 0 Å². The van der Waals surface area contributed by atoms with Gasteiger partial charge in [-0.3, -0.25) is 4.79 Å². The maximum atomic E-state index is 11.8. The number of halogens is 1. The van der Waals surface area contributed by atoms with Gasteiger partial charge in [0.25, 0.3) is 5.56 Å². The van der Waals surface area contributed by atoms with Gasteiger partial charge in [0.15, 0.2) is 0 Å². The third-order valence-electron chi connectivity index (χ3n) is 3.71. The number of aryl methyl sites for hydroxylation is 1. The number of nitrogens with zero attached hydrogens (tertiary/aromatic N) is 1. The minimum absolute atomic E-state index is 0.132. The fourth-order valence-corrected chi connectivity index (χ4v) is 3.36. The lowest BCUT2D eigenvalue weighted by Crippen LogP contribution is -2.32. The van der Waals surface area contributed by atoms with E-state index in [-0.39, 0.29) is 5.56 Å². The predicted molar refractivity (Wildman–Crippen MR) is 70.1 cm³/mol. The SMILES string of the molecule is Cc1cccc(=O)n1CC1(CBr)CCCC1. The van der Waals surface area contributed by atoms with Gasteiger partial charge in [-0.1, -0.05) is 34.8 Å². The van der Waals surface area contributed by atoms with E-state index in [2.05, 4.69) is 15.9 Å². The molecule has 2 nitrogen and oxygen atoms in total. The first-order valence-corrected chi connectivity index (χ1v) is 7.01. The molecule has 16 heavy (non-hydrogen) atoms. The number of hydrogen-bond donors (Lipinski definition) is 0. The molecule has 0 unspecified atom stereocenters. The second kappa shape index (κ2) is 4.74. The van der Waals surface area contributed by atoms with Gasteiger partial charge in [-0.15, -0.1) is 0 Å². The van der Waals surface area contributed by atoms with Crippen molar-refractivity contribution in [1.82, 2.24) is 4.57 Å². The summed E-state index contributed by atoms with van der Waals surface area (Å²) >= 11 is 3.62. The third-order valence-corrected chi connectivity index (χ3v) is 4.90. The molecule has 1 heterocycles. The number of aromatic nitrogens is 1. The van der Waals surface area contributed by atoms with E-state index in [9.17, 15) is 4.79 Å². The van der Waals surface area contributed by atoms with E-state index in [1.807, 2.05) is 23.6 Å². The molecule has 0 aromatic carbocycles. The fourth-order valence-electron chi connectivity index (χ4n) is 2.62. The van der Waals surface area contributed by atoms with E-state index in [1.165, 1.54) is 25.7 Å². The molecule has 0 radical (unpaired) electrons. The second-order valence-electron chi connectivity index (χ2n) is 4.93. The zero-order chi connectivity index (χ0) is 11.6. The Balaban J connectivity index is 2.29. The van der Waals surface area contributed by atoms with Crippen LogP contribution in [-0.4, -0.2) is 9.90 Å². The van der Waals surface area contributed by atoms with Crippen LogP contribution in [0.2, 0.25) is 0 Å². The Hall–Kier alpha value is -0.570. The number of hydrogen-bond acceptors (Lipinski definition) is 1. The van der Waals surface area contributed by atoms with Gasteiger partial charge in [0.1, 0.15) is 0 Å². The van der Waals surface area contributed by atoms with Crippen LogP contribution in [-0.2, 0) is 6.54 Å². The summed E-state index contributed by atoms with van der Waals surface area (Å²) in [5, 5.41) is 1.00. The first-order chi connectivity index (χ1) is 7.67. The van der Waals surface area contributed by atoms with E-state index in [0.29, 0.717) is 5.41 Å². The highest BCUT2D eigenvalue weighted by atomic mass is 79.9. The highest BCUT2D eigenvalue weighted by molar-refractivity contribution is 9.09. The molecule has 3 heteroatoms. The summed E-state index contributed by atoms with van der Waals surface area (Å²) in [4.78, 5) is 11.8. The quantitative estimate of drug-likeness (QED) is 0.782. The van der Waals surface area contributed by atoms with E-state index in [0.717, 1.165) is 17.6 Å². The molecule has 0 bridgehead atoms. The number of rotatable bonds is 3. The van der Waals surface area contributed by atoms with E-state index in [4.69, 9.17) is 0 Å². The van der Waals surface area contributed by atoms with Crippen molar-refractivity contribution in [2.24, 2.45) is 5.41 Å². The van der Waals surface area contributed by atoms with Gasteiger partial charge in [0.2, 0.25) is 0 Å². The van der Waals surface area contributed by atoms with Crippen LogP contribution < -0.4 is 5.56 Å². The van der Waals surface area contributed by atoms with Gasteiger partial charge in [-0.2, -0.15) is 0 Å². The lowest BCUT2D eigenvalue weighted by Gasteiger charge is -2.28. The Morgan fingerprint density at radius 1 is 1.38 bits per heavy atom. The smallest absolute Gasteiger partial charge is 0.250 e. The zero-order valence-corrected chi connectivity index (χ0v) is 11.3. The maximum absolute atomic E-state index is 11.8. The van der Waals surface area contributed by atoms with Crippen molar-refractivity contribution in [2.75, 3.05) is 5.33 Å². The van der Waals surface area contributed by atoms with Crippen molar-refractivity contribution in [2.45, 2.75) is 39.2 Å². The summed E-state index contributed by atoms with van der Waals surface area (Å²) in [5.74, 6) is 0. The molecule has 1 aromatic rings. The monoisotopic (exact) mass is 283 g/mol. The number of pyridine rings is 1. The summed E-state index contributed by atoms with van der Waals surface area (Å²) < 4.78 is 1.92. The van der Waals surface area contributed by atoms with E-state index < -0.39 is 0 Å². The van der Waals surface area contributed by atoms with Gasteiger partial charge in [-0.25, -0.2) is 0 Å². The molecule has 1 aliphatic rings. The van der Waals surface area contributed by atoms with Crippen molar-refractivity contribution >= 4 is 15.9 Å². The van der Waals surface area contributed by atoms with Crippen LogP contribution in [0.4, 0.5) is 0 Å². The topological polar surface area (TPSA) is 22.0 Å². The average molecular weight is 284 g/mol. The summed E-state index contributed by atoms with van der Waals surface area (Å²) in [6.45, 7) is 2.88. The van der Waals surface area contributed by atoms with Gasteiger partial charge in [-0.05, 0) is 31.2 Å². The molecule has 0 aliphatic heterocycles. The molecule has 0 amide bonds. The third kappa shape index (κ3) is 2.24. The Kier molecular flexibility index (Phi) is 3.53. The van der Waals surface area contributed by atoms with Crippen LogP contribution in [0.25, 0.3) is 0 Å². The largest absolute Gasteiger partial charge is 0.312 e. The van der Waals surface area contributed by atoms with E-state index in [1.54, 1.807) is 6.07 Å². The lowest BCUT2D eigenvalue weighted by atomic mass is 9.88. The Labute approximate surface area is 105 Å². The van der Waals surface area contributed by atoms with Crippen molar-refractivity contribution in [3.8, 4) is 0 Å². The first kappa shape index (κ1) is 11.9. The molecule has 0 N–H and O–H groups in total. The Morgan fingerprint density at radius 2 is 2.06 bits per heavy atom. The summed E-state index contributed by atoms with van der Waals surface area (Å²) in [7, 11) is 0. The van der Waals surface area contributed by atoms with Crippen molar-refractivity contribution in [3.63, 3.8) is 0 Å². The van der Waals surface area contributed by atoms with Crippen molar-refractivity contribution < 1.29 is 0 Å². The summed E-state index contributed by atoms with van der Waals surface area (Å²) in [6, 6.07) is 5.51. The predicted octanol–water partition coefficient (Wildman–Crippen LogP) is 3.11. The van der Waals surface area contributed by atoms with Gasteiger partial charge < -0.3 is 4.57 Å². The molecule has 1 fully saturated rings. The summed E-state index contributed by atoms with van der Waals surface area (Å²) in [6.07, 6.45) is 5.07. The second-order valence-corrected chi connectivity index (χ2v) is 5.49. The van der Waals surface area contributed by atoms with Crippen LogP contribution in [0.5, 0.6) is 0 Å². The first-order valence-electron chi connectivity index (χ1n) is 5.89. The van der Waals surface area contributed by atoms with Gasteiger partial charge >= 0.3 is 0 Å². The molecule has 2 rings (SSSR count). The summed E-state index contributed by atoms with van der Waals surface area (Å²) in [5.41, 5.74) is 1.50. The normalized spacial score (nSPS) is 18.9. The molecule has 0 atom stereocenters. The maximum Gasteiger partial charge on any atom is 0.250 e. The molecular weight excluding hydrogens is 266 g/mol. The van der Waals surface area contributed by atoms with Crippen LogP contribution in [0.15, 0.2) is 23.0 Å². The molecule has 88 valence electrons. The minimum Gasteiger partial charge on any atom is -0.312 e. The molecular formula is C13H18BrNO. The van der Waals surface area contributed by atoms with Crippen LogP contribution in [0, 0.1) is 12.3 Å². The molecule has 0 saturated heterocycles. The van der Waals surface area contributed by atoms with Crippen molar-refractivity contribution in [3.05, 3.63) is 34.2 Å². The minimum atomic E-state index is 0.132. The molecule has 1 saturated carbocycles. The lowest BCUT2D eigenvalue weighted by molar-refractivity contribution is 0.285.